The second-order valence-electron chi connectivity index (χ2n) is 6.61. The summed E-state index contributed by atoms with van der Waals surface area (Å²) in [6.07, 6.45) is 4.23. The number of nitrogens with two attached hydrogens (primary N) is 1. The van der Waals surface area contributed by atoms with Crippen molar-refractivity contribution >= 4 is 17.6 Å². The van der Waals surface area contributed by atoms with Gasteiger partial charge >= 0.3 is 6.03 Å². The van der Waals surface area contributed by atoms with E-state index in [2.05, 4.69) is 22.6 Å². The van der Waals surface area contributed by atoms with Crippen LogP contribution in [-0.2, 0) is 0 Å². The minimum absolute atomic E-state index is 0.111. The fraction of sp³-hybridized carbons (Fsp3) is 0.529. The maximum absolute atomic E-state index is 12.3. The van der Waals surface area contributed by atoms with Crippen molar-refractivity contribution in [3.8, 4) is 5.75 Å². The van der Waals surface area contributed by atoms with E-state index in [-0.39, 0.29) is 11.6 Å². The fourth-order valence-electron chi connectivity index (χ4n) is 3.82. The average molecular weight is 332 g/mol. The standard InChI is InChI=1S/C17H24N4O3/c1-21-12-4-5-13(21)9-11(8-12)19-17(23)20-16(22)14-6-3-10(18)7-15(14)24-2/h3,6-7,11-13H,4-5,8-9,18H2,1-2H3,(H2,19,20,22,23)/t11?,12-,13+. The maximum atomic E-state index is 12.3. The van der Waals surface area contributed by atoms with Crippen molar-refractivity contribution in [1.82, 2.24) is 15.5 Å². The van der Waals surface area contributed by atoms with Crippen LogP contribution in [0.3, 0.4) is 0 Å². The van der Waals surface area contributed by atoms with Crippen molar-refractivity contribution in [1.29, 1.82) is 0 Å². The van der Waals surface area contributed by atoms with E-state index in [1.165, 1.54) is 20.0 Å². The van der Waals surface area contributed by atoms with Gasteiger partial charge in [0, 0.05) is 29.9 Å². The zero-order valence-electron chi connectivity index (χ0n) is 14.0. The van der Waals surface area contributed by atoms with Crippen molar-refractivity contribution < 1.29 is 14.3 Å². The number of nitrogens with zero attached hydrogens (tertiary/aromatic N) is 1. The van der Waals surface area contributed by atoms with Crippen LogP contribution in [0.2, 0.25) is 0 Å². The molecule has 4 N–H and O–H groups in total. The van der Waals surface area contributed by atoms with Gasteiger partial charge in [0.25, 0.3) is 5.91 Å². The first-order valence-electron chi connectivity index (χ1n) is 8.25. The number of benzene rings is 1. The summed E-state index contributed by atoms with van der Waals surface area (Å²) in [6.45, 7) is 0. The van der Waals surface area contributed by atoms with E-state index in [9.17, 15) is 9.59 Å². The summed E-state index contributed by atoms with van der Waals surface area (Å²) in [5.74, 6) is -0.155. The van der Waals surface area contributed by atoms with Gasteiger partial charge in [-0.25, -0.2) is 4.79 Å². The predicted molar refractivity (Wildman–Crippen MR) is 91.0 cm³/mol. The molecule has 0 radical (unpaired) electrons. The van der Waals surface area contributed by atoms with Gasteiger partial charge in [0.2, 0.25) is 0 Å². The normalized spacial score (nSPS) is 26.0. The monoisotopic (exact) mass is 332 g/mol. The summed E-state index contributed by atoms with van der Waals surface area (Å²) in [7, 11) is 3.61. The average Bonchev–Trinajstić information content (AvgIpc) is 2.75. The van der Waals surface area contributed by atoms with Crippen molar-refractivity contribution in [3.63, 3.8) is 0 Å². The Labute approximate surface area is 141 Å². The summed E-state index contributed by atoms with van der Waals surface area (Å²) in [4.78, 5) is 26.8. The molecule has 0 saturated carbocycles. The van der Waals surface area contributed by atoms with Gasteiger partial charge in [-0.05, 0) is 44.9 Å². The highest BCUT2D eigenvalue weighted by atomic mass is 16.5. The Morgan fingerprint density at radius 2 is 1.92 bits per heavy atom. The molecule has 130 valence electrons. The molecule has 3 amide bonds. The smallest absolute Gasteiger partial charge is 0.321 e. The van der Waals surface area contributed by atoms with Crippen LogP contribution in [0.5, 0.6) is 5.75 Å². The first-order chi connectivity index (χ1) is 11.5. The van der Waals surface area contributed by atoms with Gasteiger partial charge in [-0.1, -0.05) is 0 Å². The zero-order valence-corrected chi connectivity index (χ0v) is 14.0. The fourth-order valence-corrected chi connectivity index (χ4v) is 3.82. The summed E-state index contributed by atoms with van der Waals surface area (Å²) in [5.41, 5.74) is 6.45. The van der Waals surface area contributed by atoms with Crippen LogP contribution < -0.4 is 21.1 Å². The van der Waals surface area contributed by atoms with Gasteiger partial charge in [0.15, 0.2) is 0 Å². The minimum Gasteiger partial charge on any atom is -0.496 e. The highest BCUT2D eigenvalue weighted by Crippen LogP contribution is 2.34. The Kier molecular flexibility index (Phi) is 4.62. The lowest BCUT2D eigenvalue weighted by Gasteiger charge is -2.36. The number of nitrogens with one attached hydrogen (secondary N) is 2. The second kappa shape index (κ2) is 6.68. The third kappa shape index (κ3) is 3.31. The molecule has 0 spiro atoms. The van der Waals surface area contributed by atoms with Gasteiger partial charge in [-0.2, -0.15) is 0 Å². The Morgan fingerprint density at radius 1 is 1.25 bits per heavy atom. The number of carbonyl (C=O) groups excluding carboxylic acids is 2. The number of rotatable bonds is 3. The molecule has 3 rings (SSSR count). The molecular weight excluding hydrogens is 308 g/mol. The molecular formula is C17H24N4O3. The molecule has 7 nitrogen and oxygen atoms in total. The first-order valence-corrected chi connectivity index (χ1v) is 8.25. The predicted octanol–water partition coefficient (Wildman–Crippen LogP) is 1.34. The molecule has 2 bridgehead atoms. The van der Waals surface area contributed by atoms with E-state index >= 15 is 0 Å². The lowest BCUT2D eigenvalue weighted by atomic mass is 9.98. The lowest BCUT2D eigenvalue weighted by Crippen LogP contribution is -2.51. The molecule has 2 aliphatic rings. The number of fused-ring (bicyclic) bond motifs is 2. The van der Waals surface area contributed by atoms with Gasteiger partial charge in [-0.15, -0.1) is 0 Å². The first kappa shape index (κ1) is 16.6. The number of ether oxygens (including phenoxy) is 1. The largest absolute Gasteiger partial charge is 0.496 e. The number of carbonyl (C=O) groups is 2. The van der Waals surface area contributed by atoms with Gasteiger partial charge in [-0.3, -0.25) is 10.1 Å². The van der Waals surface area contributed by atoms with Crippen LogP contribution in [0, 0.1) is 0 Å². The number of hydrogen-bond acceptors (Lipinski definition) is 5. The molecule has 0 aromatic heterocycles. The Hall–Kier alpha value is -2.28. The van der Waals surface area contributed by atoms with Crippen LogP contribution >= 0.6 is 0 Å². The lowest BCUT2D eigenvalue weighted by molar-refractivity contribution is 0.0957. The van der Waals surface area contributed by atoms with Gasteiger partial charge in [0.1, 0.15) is 5.75 Å². The molecule has 7 heteroatoms. The quantitative estimate of drug-likeness (QED) is 0.726. The van der Waals surface area contributed by atoms with Gasteiger partial charge in [0.05, 0.1) is 12.7 Å². The number of urea groups is 1. The third-order valence-electron chi connectivity index (χ3n) is 5.13. The minimum atomic E-state index is -0.500. The van der Waals surface area contributed by atoms with Crippen LogP contribution in [0.1, 0.15) is 36.0 Å². The van der Waals surface area contributed by atoms with E-state index in [4.69, 9.17) is 10.5 Å². The topological polar surface area (TPSA) is 96.7 Å². The van der Waals surface area contributed by atoms with Crippen LogP contribution in [0.15, 0.2) is 18.2 Å². The van der Waals surface area contributed by atoms with E-state index in [1.54, 1.807) is 18.2 Å². The number of nitrogen functional groups attached to an aromatic ring is 1. The number of hydrogen-bond donors (Lipinski definition) is 3. The number of methoxy groups -OCH3 is 1. The molecule has 24 heavy (non-hydrogen) atoms. The van der Waals surface area contributed by atoms with E-state index in [0.29, 0.717) is 23.5 Å². The van der Waals surface area contributed by atoms with Crippen molar-refractivity contribution in [2.24, 2.45) is 0 Å². The summed E-state index contributed by atoms with van der Waals surface area (Å²) >= 11 is 0. The van der Waals surface area contributed by atoms with E-state index in [1.807, 2.05) is 0 Å². The SMILES string of the molecule is COc1cc(N)ccc1C(=O)NC(=O)NC1C[C@H]2CC[C@@H](C1)N2C. The maximum Gasteiger partial charge on any atom is 0.321 e. The van der Waals surface area contributed by atoms with Crippen LogP contribution in [0.25, 0.3) is 0 Å². The molecule has 3 atom stereocenters. The number of piperidine rings is 1. The summed E-state index contributed by atoms with van der Waals surface area (Å²) in [6, 6.07) is 5.41. The second-order valence-corrected chi connectivity index (χ2v) is 6.61. The molecule has 0 aliphatic carbocycles. The summed E-state index contributed by atoms with van der Waals surface area (Å²) < 4.78 is 5.15. The van der Waals surface area contributed by atoms with Crippen molar-refractivity contribution in [3.05, 3.63) is 23.8 Å². The number of anilines is 1. The van der Waals surface area contributed by atoms with E-state index < -0.39 is 11.9 Å². The molecule has 1 unspecified atom stereocenters. The van der Waals surface area contributed by atoms with Crippen LogP contribution in [0.4, 0.5) is 10.5 Å². The molecule has 2 aliphatic heterocycles. The molecule has 2 fully saturated rings. The van der Waals surface area contributed by atoms with Crippen molar-refractivity contribution in [2.45, 2.75) is 43.8 Å². The Morgan fingerprint density at radius 3 is 2.54 bits per heavy atom. The zero-order chi connectivity index (χ0) is 17.3. The molecule has 2 heterocycles. The van der Waals surface area contributed by atoms with Crippen LogP contribution in [-0.4, -0.2) is 49.1 Å². The number of imide groups is 1. The summed E-state index contributed by atoms with van der Waals surface area (Å²) in [5, 5.41) is 5.30. The Bertz CT molecular complexity index is 635. The molecule has 2 saturated heterocycles. The van der Waals surface area contributed by atoms with E-state index in [0.717, 1.165) is 12.8 Å². The highest BCUT2D eigenvalue weighted by molar-refractivity contribution is 6.06. The van der Waals surface area contributed by atoms with Gasteiger partial charge < -0.3 is 20.7 Å². The highest BCUT2D eigenvalue weighted by Gasteiger charge is 2.38. The Balaban J connectivity index is 1.58. The molecule has 1 aromatic carbocycles. The molecule has 1 aromatic rings. The van der Waals surface area contributed by atoms with Crippen molar-refractivity contribution in [2.75, 3.05) is 19.9 Å². The third-order valence-corrected chi connectivity index (χ3v) is 5.13. The number of amides is 3.